The summed E-state index contributed by atoms with van der Waals surface area (Å²) in [6.45, 7) is 9.22. The highest BCUT2D eigenvalue weighted by Crippen LogP contribution is 2.26. The molecular formula is C23H35N3O6S. The number of hydrogen-bond donors (Lipinski definition) is 0. The molecule has 33 heavy (non-hydrogen) atoms. The minimum atomic E-state index is -3.60. The van der Waals surface area contributed by atoms with Crippen LogP contribution in [-0.4, -0.2) is 87.0 Å². The zero-order valence-corrected chi connectivity index (χ0v) is 20.6. The number of amides is 2. The van der Waals surface area contributed by atoms with Crippen LogP contribution in [0.2, 0.25) is 0 Å². The van der Waals surface area contributed by atoms with Gasteiger partial charge in [0, 0.05) is 45.2 Å². The van der Waals surface area contributed by atoms with E-state index < -0.39 is 10.0 Å². The Balaban J connectivity index is 1.48. The fourth-order valence-corrected chi connectivity index (χ4v) is 5.53. The second-order valence-electron chi connectivity index (χ2n) is 8.87. The van der Waals surface area contributed by atoms with Crippen LogP contribution in [0.15, 0.2) is 29.2 Å². The van der Waals surface area contributed by atoms with Gasteiger partial charge in [0.1, 0.15) is 5.75 Å². The molecule has 9 nitrogen and oxygen atoms in total. The number of benzene rings is 1. The molecule has 1 aromatic rings. The summed E-state index contributed by atoms with van der Waals surface area (Å²) in [6, 6.07) is 6.43. The summed E-state index contributed by atoms with van der Waals surface area (Å²) in [6.07, 6.45) is 0.654. The molecule has 10 heteroatoms. The van der Waals surface area contributed by atoms with Gasteiger partial charge in [-0.25, -0.2) is 13.2 Å². The van der Waals surface area contributed by atoms with Gasteiger partial charge in [0.25, 0.3) is 0 Å². The van der Waals surface area contributed by atoms with Crippen molar-refractivity contribution in [3.05, 3.63) is 24.3 Å². The van der Waals surface area contributed by atoms with Gasteiger partial charge >= 0.3 is 6.09 Å². The second-order valence-corrected chi connectivity index (χ2v) is 10.8. The number of hydrogen-bond acceptors (Lipinski definition) is 6. The molecule has 2 fully saturated rings. The molecule has 0 bridgehead atoms. The summed E-state index contributed by atoms with van der Waals surface area (Å²) >= 11 is 0. The molecule has 184 valence electrons. The molecule has 2 aliphatic rings. The van der Waals surface area contributed by atoms with Crippen LogP contribution in [0.1, 0.15) is 33.6 Å². The predicted octanol–water partition coefficient (Wildman–Crippen LogP) is 2.42. The number of carbonyl (C=O) groups excluding carboxylic acids is 2. The fraction of sp³-hybridized carbons (Fsp3) is 0.652. The summed E-state index contributed by atoms with van der Waals surface area (Å²) in [5.74, 6) is 0.759. The number of sulfonamides is 1. The van der Waals surface area contributed by atoms with E-state index in [0.29, 0.717) is 71.1 Å². The lowest BCUT2D eigenvalue weighted by atomic mass is 9.96. The molecule has 0 saturated carbocycles. The summed E-state index contributed by atoms with van der Waals surface area (Å²) in [5.41, 5.74) is 0. The largest absolute Gasteiger partial charge is 0.494 e. The highest BCUT2D eigenvalue weighted by atomic mass is 32.2. The van der Waals surface area contributed by atoms with Crippen molar-refractivity contribution in [1.29, 1.82) is 0 Å². The van der Waals surface area contributed by atoms with Crippen molar-refractivity contribution >= 4 is 22.0 Å². The molecule has 2 amide bonds. The maximum absolute atomic E-state index is 13.0. The smallest absolute Gasteiger partial charge is 0.409 e. The third-order valence-electron chi connectivity index (χ3n) is 5.97. The summed E-state index contributed by atoms with van der Waals surface area (Å²) < 4.78 is 38.0. The highest BCUT2D eigenvalue weighted by molar-refractivity contribution is 7.89. The Bertz CT molecular complexity index is 903. The average molecular weight is 482 g/mol. The van der Waals surface area contributed by atoms with Gasteiger partial charge in [0.15, 0.2) is 0 Å². The Kier molecular flexibility index (Phi) is 8.58. The molecule has 0 spiro atoms. The van der Waals surface area contributed by atoms with Gasteiger partial charge in [-0.05, 0) is 49.9 Å². The Hall–Kier alpha value is -2.33. The monoisotopic (exact) mass is 481 g/mol. The zero-order chi connectivity index (χ0) is 24.0. The number of carbonyl (C=O) groups is 2. The summed E-state index contributed by atoms with van der Waals surface area (Å²) in [5, 5.41) is 0. The number of piperazine rings is 1. The number of nitrogens with zero attached hydrogens (tertiary/aromatic N) is 3. The first-order chi connectivity index (χ1) is 15.7. The topological polar surface area (TPSA) is 96.5 Å². The van der Waals surface area contributed by atoms with Gasteiger partial charge in [-0.1, -0.05) is 13.8 Å². The normalized spacial score (nSPS) is 18.4. The molecule has 0 radical (unpaired) electrons. The van der Waals surface area contributed by atoms with Crippen molar-refractivity contribution in [2.75, 3.05) is 52.5 Å². The van der Waals surface area contributed by atoms with Gasteiger partial charge < -0.3 is 19.3 Å². The van der Waals surface area contributed by atoms with E-state index in [-0.39, 0.29) is 28.7 Å². The third-order valence-corrected chi connectivity index (χ3v) is 7.88. The molecule has 0 aromatic heterocycles. The second kappa shape index (κ2) is 11.2. The molecule has 2 heterocycles. The van der Waals surface area contributed by atoms with E-state index in [2.05, 4.69) is 0 Å². The van der Waals surface area contributed by atoms with Crippen molar-refractivity contribution in [2.24, 2.45) is 11.8 Å². The van der Waals surface area contributed by atoms with Crippen LogP contribution in [0.5, 0.6) is 5.75 Å². The van der Waals surface area contributed by atoms with Crippen molar-refractivity contribution in [3.8, 4) is 5.75 Å². The number of ether oxygens (including phenoxy) is 2. The lowest BCUT2D eigenvalue weighted by Crippen LogP contribution is -2.53. The van der Waals surface area contributed by atoms with Gasteiger partial charge in [0.05, 0.1) is 18.1 Å². The maximum Gasteiger partial charge on any atom is 0.409 e. The minimum Gasteiger partial charge on any atom is -0.494 e. The first kappa shape index (κ1) is 25.3. The quantitative estimate of drug-likeness (QED) is 0.593. The lowest BCUT2D eigenvalue weighted by molar-refractivity contribution is -0.138. The first-order valence-electron chi connectivity index (χ1n) is 11.7. The number of piperidine rings is 1. The molecule has 0 aliphatic carbocycles. The molecule has 3 rings (SSSR count). The van der Waals surface area contributed by atoms with E-state index in [1.165, 1.54) is 4.31 Å². The standard InChI is InChI=1S/C23H35N3O6S/c1-4-31-20-5-7-21(8-6-20)33(29,30)26-11-9-19(10-12-26)22(27)24-13-15-25(16-14-24)23(28)32-17-18(2)3/h5-8,18-19H,4,9-17H2,1-3H3. The lowest BCUT2D eigenvalue weighted by Gasteiger charge is -2.38. The Labute approximate surface area is 196 Å². The van der Waals surface area contributed by atoms with Crippen LogP contribution in [0.25, 0.3) is 0 Å². The van der Waals surface area contributed by atoms with E-state index in [1.54, 1.807) is 34.1 Å². The molecule has 2 aliphatic heterocycles. The van der Waals surface area contributed by atoms with Gasteiger partial charge in [0.2, 0.25) is 15.9 Å². The van der Waals surface area contributed by atoms with E-state index in [0.717, 1.165) is 0 Å². The Morgan fingerprint density at radius 3 is 2.09 bits per heavy atom. The maximum atomic E-state index is 13.0. The average Bonchev–Trinajstić information content (AvgIpc) is 2.83. The summed E-state index contributed by atoms with van der Waals surface area (Å²) in [4.78, 5) is 28.7. The zero-order valence-electron chi connectivity index (χ0n) is 19.7. The first-order valence-corrected chi connectivity index (χ1v) is 13.1. The van der Waals surface area contributed by atoms with E-state index in [9.17, 15) is 18.0 Å². The van der Waals surface area contributed by atoms with Crippen LogP contribution < -0.4 is 4.74 Å². The SMILES string of the molecule is CCOc1ccc(S(=O)(=O)N2CCC(C(=O)N3CCN(C(=O)OCC(C)C)CC3)CC2)cc1. The van der Waals surface area contributed by atoms with Crippen LogP contribution in [0.4, 0.5) is 4.79 Å². The molecule has 2 saturated heterocycles. The van der Waals surface area contributed by atoms with Gasteiger partial charge in [-0.3, -0.25) is 4.79 Å². The Morgan fingerprint density at radius 2 is 1.55 bits per heavy atom. The Morgan fingerprint density at radius 1 is 0.970 bits per heavy atom. The van der Waals surface area contributed by atoms with Crippen molar-refractivity contribution in [3.63, 3.8) is 0 Å². The van der Waals surface area contributed by atoms with Gasteiger partial charge in [-0.2, -0.15) is 4.31 Å². The van der Waals surface area contributed by atoms with Crippen LogP contribution in [-0.2, 0) is 19.6 Å². The van der Waals surface area contributed by atoms with Gasteiger partial charge in [-0.15, -0.1) is 0 Å². The molecule has 0 unspecified atom stereocenters. The van der Waals surface area contributed by atoms with Crippen LogP contribution in [0, 0.1) is 11.8 Å². The van der Waals surface area contributed by atoms with Crippen LogP contribution in [0.3, 0.4) is 0 Å². The van der Waals surface area contributed by atoms with Crippen molar-refractivity contribution in [1.82, 2.24) is 14.1 Å². The van der Waals surface area contributed by atoms with E-state index in [1.807, 2.05) is 20.8 Å². The molecular weight excluding hydrogens is 446 g/mol. The fourth-order valence-electron chi connectivity index (χ4n) is 4.06. The third kappa shape index (κ3) is 6.38. The predicted molar refractivity (Wildman–Crippen MR) is 123 cm³/mol. The summed E-state index contributed by atoms with van der Waals surface area (Å²) in [7, 11) is -3.60. The minimum absolute atomic E-state index is 0.0447. The van der Waals surface area contributed by atoms with Crippen molar-refractivity contribution < 1.29 is 27.5 Å². The number of rotatable bonds is 7. The van der Waals surface area contributed by atoms with E-state index >= 15 is 0 Å². The molecule has 0 N–H and O–H groups in total. The van der Waals surface area contributed by atoms with Crippen LogP contribution >= 0.6 is 0 Å². The van der Waals surface area contributed by atoms with E-state index in [4.69, 9.17) is 9.47 Å². The molecule has 1 aromatic carbocycles. The highest BCUT2D eigenvalue weighted by Gasteiger charge is 2.35. The molecule has 0 atom stereocenters. The van der Waals surface area contributed by atoms with Crippen molar-refractivity contribution in [2.45, 2.75) is 38.5 Å².